The Morgan fingerprint density at radius 2 is 1.90 bits per heavy atom. The fourth-order valence-corrected chi connectivity index (χ4v) is 2.32. The van der Waals surface area contributed by atoms with Gasteiger partial charge in [-0.25, -0.2) is 4.39 Å². The number of rotatable bonds is 4. The number of halogens is 1. The molecule has 0 aromatic heterocycles. The Kier molecular flexibility index (Phi) is 4.53. The summed E-state index contributed by atoms with van der Waals surface area (Å²) in [6.07, 6.45) is 0.790. The molecular weight excluding hydrogens is 273 g/mol. The second-order valence-corrected chi connectivity index (χ2v) is 4.94. The van der Waals surface area contributed by atoms with Gasteiger partial charge in [-0.15, -0.1) is 0 Å². The molecule has 0 unspecified atom stereocenters. The van der Waals surface area contributed by atoms with Crippen LogP contribution in [0.3, 0.4) is 0 Å². The van der Waals surface area contributed by atoms with Gasteiger partial charge in [0.2, 0.25) is 0 Å². The number of carbonyl (C=O) groups excluding carboxylic acids is 2. The van der Waals surface area contributed by atoms with Crippen LogP contribution in [0, 0.1) is 17.1 Å². The van der Waals surface area contributed by atoms with Gasteiger partial charge in [-0.2, -0.15) is 5.26 Å². The van der Waals surface area contributed by atoms with E-state index >= 15 is 0 Å². The van der Waals surface area contributed by atoms with E-state index in [1.165, 1.54) is 28.0 Å². The number of amides is 2. The van der Waals surface area contributed by atoms with Gasteiger partial charge in [0.15, 0.2) is 0 Å². The highest BCUT2D eigenvalue weighted by Crippen LogP contribution is 2.15. The van der Waals surface area contributed by atoms with Crippen molar-refractivity contribution in [2.75, 3.05) is 19.6 Å². The molecule has 1 aliphatic heterocycles. The van der Waals surface area contributed by atoms with E-state index < -0.39 is 17.6 Å². The van der Waals surface area contributed by atoms with Gasteiger partial charge in [0.25, 0.3) is 0 Å². The minimum Gasteiger partial charge on any atom is -0.333 e. The van der Waals surface area contributed by atoms with Crippen LogP contribution in [0.5, 0.6) is 0 Å². The molecule has 0 spiro atoms. The van der Waals surface area contributed by atoms with Crippen LogP contribution in [-0.4, -0.2) is 41.2 Å². The van der Waals surface area contributed by atoms with Crippen LogP contribution in [0.4, 0.5) is 4.39 Å². The van der Waals surface area contributed by atoms with Crippen LogP contribution in [0.15, 0.2) is 18.2 Å². The van der Waals surface area contributed by atoms with Crippen molar-refractivity contribution >= 4 is 11.8 Å². The average Bonchev–Trinajstić information content (AvgIpc) is 2.49. The third-order valence-electron chi connectivity index (χ3n) is 3.43. The summed E-state index contributed by atoms with van der Waals surface area (Å²) in [6, 6.07) is 5.92. The zero-order valence-electron chi connectivity index (χ0n) is 11.8. The molecule has 6 heteroatoms. The molecule has 1 heterocycles. The molecule has 21 heavy (non-hydrogen) atoms. The molecular formula is C15H16FN3O2. The minimum absolute atomic E-state index is 0.00584. The molecule has 1 aromatic carbocycles. The number of piperazine rings is 1. The van der Waals surface area contributed by atoms with E-state index in [4.69, 9.17) is 5.26 Å². The summed E-state index contributed by atoms with van der Waals surface area (Å²) < 4.78 is 13.7. The van der Waals surface area contributed by atoms with Gasteiger partial charge in [-0.05, 0) is 24.6 Å². The van der Waals surface area contributed by atoms with Gasteiger partial charge in [0, 0.05) is 31.7 Å². The first-order chi connectivity index (χ1) is 10.1. The summed E-state index contributed by atoms with van der Waals surface area (Å²) in [4.78, 5) is 26.8. The number of hydrogen-bond donors (Lipinski definition) is 0. The predicted molar refractivity (Wildman–Crippen MR) is 73.4 cm³/mol. The van der Waals surface area contributed by atoms with Crippen molar-refractivity contribution in [2.45, 2.75) is 19.9 Å². The lowest BCUT2D eigenvalue weighted by Gasteiger charge is -2.33. The molecule has 0 bridgehead atoms. The smallest absolute Gasteiger partial charge is 0.312 e. The minimum atomic E-state index is -0.614. The maximum absolute atomic E-state index is 13.7. The van der Waals surface area contributed by atoms with E-state index in [0.717, 1.165) is 6.42 Å². The van der Waals surface area contributed by atoms with Gasteiger partial charge in [0.05, 0.1) is 11.6 Å². The third kappa shape index (κ3) is 3.19. The summed E-state index contributed by atoms with van der Waals surface area (Å²) in [5.41, 5.74) is 0.578. The van der Waals surface area contributed by atoms with Gasteiger partial charge >= 0.3 is 11.8 Å². The Balaban J connectivity index is 2.13. The molecule has 110 valence electrons. The lowest BCUT2D eigenvalue weighted by Crippen LogP contribution is -2.54. The van der Waals surface area contributed by atoms with Crippen molar-refractivity contribution in [3.63, 3.8) is 0 Å². The van der Waals surface area contributed by atoms with Crippen LogP contribution in [0.2, 0.25) is 0 Å². The first kappa shape index (κ1) is 15.0. The monoisotopic (exact) mass is 289 g/mol. The molecule has 0 atom stereocenters. The first-order valence-electron chi connectivity index (χ1n) is 6.83. The maximum atomic E-state index is 13.7. The molecule has 1 saturated heterocycles. The van der Waals surface area contributed by atoms with Crippen molar-refractivity contribution in [1.29, 1.82) is 5.26 Å². The van der Waals surface area contributed by atoms with E-state index in [2.05, 4.69) is 0 Å². The van der Waals surface area contributed by atoms with E-state index in [-0.39, 0.29) is 12.1 Å². The third-order valence-corrected chi connectivity index (χ3v) is 3.43. The van der Waals surface area contributed by atoms with Crippen LogP contribution >= 0.6 is 0 Å². The van der Waals surface area contributed by atoms with Gasteiger partial charge in [-0.1, -0.05) is 6.92 Å². The Hall–Kier alpha value is -2.42. The van der Waals surface area contributed by atoms with E-state index in [0.29, 0.717) is 25.2 Å². The number of nitriles is 1. The lowest BCUT2D eigenvalue weighted by atomic mass is 10.1. The molecule has 5 nitrogen and oxygen atoms in total. The van der Waals surface area contributed by atoms with Crippen LogP contribution < -0.4 is 0 Å². The van der Waals surface area contributed by atoms with Gasteiger partial charge in [-0.3, -0.25) is 9.59 Å². The van der Waals surface area contributed by atoms with Crippen molar-refractivity contribution in [2.24, 2.45) is 0 Å². The van der Waals surface area contributed by atoms with Crippen LogP contribution in [-0.2, 0) is 16.1 Å². The summed E-state index contributed by atoms with van der Waals surface area (Å²) in [6.45, 7) is 3.33. The van der Waals surface area contributed by atoms with Crippen molar-refractivity contribution in [3.8, 4) is 6.07 Å². The normalized spacial score (nSPS) is 15.3. The number of carbonyl (C=O) groups is 2. The molecule has 2 amide bonds. The lowest BCUT2D eigenvalue weighted by molar-refractivity contribution is -0.156. The zero-order chi connectivity index (χ0) is 15.4. The Morgan fingerprint density at radius 1 is 1.24 bits per heavy atom. The molecule has 1 fully saturated rings. The van der Waals surface area contributed by atoms with Crippen molar-refractivity contribution in [1.82, 2.24) is 9.80 Å². The summed E-state index contributed by atoms with van der Waals surface area (Å²) >= 11 is 0. The first-order valence-corrected chi connectivity index (χ1v) is 6.83. The van der Waals surface area contributed by atoms with E-state index in [1.807, 2.05) is 13.0 Å². The quantitative estimate of drug-likeness (QED) is 0.784. The SMILES string of the molecule is CCCN1CCN(Cc2cc(C#N)ccc2F)C(=O)C1=O. The van der Waals surface area contributed by atoms with Gasteiger partial charge in [0.1, 0.15) is 5.82 Å². The molecule has 2 rings (SSSR count). The molecule has 1 aromatic rings. The fraction of sp³-hybridized carbons (Fsp3) is 0.400. The van der Waals surface area contributed by atoms with E-state index in [1.54, 1.807) is 0 Å². The number of hydrogen-bond acceptors (Lipinski definition) is 3. The molecule has 0 aliphatic carbocycles. The van der Waals surface area contributed by atoms with Crippen LogP contribution in [0.25, 0.3) is 0 Å². The second-order valence-electron chi connectivity index (χ2n) is 4.94. The summed E-state index contributed by atoms with van der Waals surface area (Å²) in [5.74, 6) is -1.64. The number of benzene rings is 1. The predicted octanol–water partition coefficient (Wildman–Crippen LogP) is 1.28. The van der Waals surface area contributed by atoms with Gasteiger partial charge < -0.3 is 9.80 Å². The Labute approximate surface area is 122 Å². The number of nitrogens with zero attached hydrogens (tertiary/aromatic N) is 3. The zero-order valence-corrected chi connectivity index (χ0v) is 11.8. The summed E-state index contributed by atoms with van der Waals surface area (Å²) in [5, 5.41) is 8.83. The average molecular weight is 289 g/mol. The second kappa shape index (κ2) is 6.35. The molecule has 0 radical (unpaired) electrons. The topological polar surface area (TPSA) is 64.4 Å². The Morgan fingerprint density at radius 3 is 2.57 bits per heavy atom. The van der Waals surface area contributed by atoms with Crippen molar-refractivity contribution < 1.29 is 14.0 Å². The highest BCUT2D eigenvalue weighted by atomic mass is 19.1. The maximum Gasteiger partial charge on any atom is 0.312 e. The molecule has 0 N–H and O–H groups in total. The Bertz CT molecular complexity index is 609. The molecule has 1 aliphatic rings. The molecule has 0 saturated carbocycles. The standard InChI is InChI=1S/C15H16FN3O2/c1-2-5-18-6-7-19(15(21)14(18)20)10-12-8-11(9-17)3-4-13(12)16/h3-4,8H,2,5-7,10H2,1H3. The fourth-order valence-electron chi connectivity index (χ4n) is 2.32. The highest BCUT2D eigenvalue weighted by Gasteiger charge is 2.32. The largest absolute Gasteiger partial charge is 0.333 e. The summed E-state index contributed by atoms with van der Waals surface area (Å²) in [7, 11) is 0. The van der Waals surface area contributed by atoms with E-state index in [9.17, 15) is 14.0 Å². The van der Waals surface area contributed by atoms with Crippen LogP contribution in [0.1, 0.15) is 24.5 Å². The van der Waals surface area contributed by atoms with Crippen molar-refractivity contribution in [3.05, 3.63) is 35.1 Å². The highest BCUT2D eigenvalue weighted by molar-refractivity contribution is 6.35.